The Morgan fingerprint density at radius 2 is 2.11 bits per heavy atom. The number of carbonyl (C=O) groups is 1. The van der Waals surface area contributed by atoms with E-state index < -0.39 is 11.6 Å². The smallest absolute Gasteiger partial charge is 0.337 e. The lowest BCUT2D eigenvalue weighted by Gasteiger charge is -2.05. The molecule has 1 aromatic carbocycles. The first-order valence-electron chi connectivity index (χ1n) is 5.34. The Bertz CT molecular complexity index is 641. The first-order valence-corrected chi connectivity index (χ1v) is 5.34. The maximum atomic E-state index is 11.2. The molecule has 1 heterocycles. The molecular formula is C13H12O5. The van der Waals surface area contributed by atoms with Crippen LogP contribution in [-0.4, -0.2) is 19.7 Å². The molecule has 5 nitrogen and oxygen atoms in total. The average Bonchev–Trinajstić information content (AvgIpc) is 2.28. The lowest BCUT2D eigenvalue weighted by Crippen LogP contribution is -2.14. The van der Waals surface area contributed by atoms with Crippen LogP contribution < -0.4 is 10.4 Å². The predicted molar refractivity (Wildman–Crippen MR) is 64.7 cm³/mol. The molecule has 0 spiro atoms. The lowest BCUT2D eigenvalue weighted by molar-refractivity contribution is -0.138. The van der Waals surface area contributed by atoms with Crippen molar-refractivity contribution >= 4 is 16.9 Å². The molecule has 0 amide bonds. The second-order valence-electron chi connectivity index (χ2n) is 3.81. The van der Waals surface area contributed by atoms with Gasteiger partial charge in [0.15, 0.2) is 0 Å². The number of aryl methyl sites for hydroxylation is 1. The van der Waals surface area contributed by atoms with Crippen molar-refractivity contribution in [2.45, 2.75) is 6.92 Å². The molecule has 5 heteroatoms. The zero-order valence-corrected chi connectivity index (χ0v) is 10.1. The van der Waals surface area contributed by atoms with Gasteiger partial charge in [-0.1, -0.05) is 0 Å². The normalized spacial score (nSPS) is 10.6. The van der Waals surface area contributed by atoms with Gasteiger partial charge in [0.2, 0.25) is 0 Å². The SMILES string of the molecule is COCC(=O)Oc1ccc2c(C)cc(=O)oc2c1. The van der Waals surface area contributed by atoms with Gasteiger partial charge in [0.05, 0.1) is 0 Å². The van der Waals surface area contributed by atoms with E-state index in [0.29, 0.717) is 11.3 Å². The van der Waals surface area contributed by atoms with Crippen molar-refractivity contribution in [3.05, 3.63) is 40.2 Å². The zero-order chi connectivity index (χ0) is 13.1. The molecule has 0 saturated carbocycles. The van der Waals surface area contributed by atoms with Crippen LogP contribution in [0.3, 0.4) is 0 Å². The third kappa shape index (κ3) is 2.57. The van der Waals surface area contributed by atoms with Crippen molar-refractivity contribution in [3.63, 3.8) is 0 Å². The first-order chi connectivity index (χ1) is 8.60. The van der Waals surface area contributed by atoms with Crippen LogP contribution in [0.5, 0.6) is 5.75 Å². The fraction of sp³-hybridized carbons (Fsp3) is 0.231. The number of methoxy groups -OCH3 is 1. The van der Waals surface area contributed by atoms with Crippen LogP contribution in [0, 0.1) is 6.92 Å². The second-order valence-corrected chi connectivity index (χ2v) is 3.81. The van der Waals surface area contributed by atoms with Crippen molar-refractivity contribution in [3.8, 4) is 5.75 Å². The molecule has 0 aliphatic heterocycles. The van der Waals surface area contributed by atoms with Crippen LogP contribution >= 0.6 is 0 Å². The van der Waals surface area contributed by atoms with Gasteiger partial charge in [-0.25, -0.2) is 9.59 Å². The summed E-state index contributed by atoms with van der Waals surface area (Å²) < 4.78 is 14.7. The lowest BCUT2D eigenvalue weighted by atomic mass is 10.1. The number of benzene rings is 1. The molecule has 0 aliphatic rings. The highest BCUT2D eigenvalue weighted by Crippen LogP contribution is 2.22. The van der Waals surface area contributed by atoms with E-state index in [1.165, 1.54) is 19.2 Å². The maximum Gasteiger partial charge on any atom is 0.337 e. The minimum atomic E-state index is -0.508. The summed E-state index contributed by atoms with van der Waals surface area (Å²) in [7, 11) is 1.41. The number of rotatable bonds is 3. The molecule has 0 saturated heterocycles. The molecule has 0 unspecified atom stereocenters. The Morgan fingerprint density at radius 1 is 1.33 bits per heavy atom. The Kier molecular flexibility index (Phi) is 3.43. The van der Waals surface area contributed by atoms with Crippen molar-refractivity contribution in [1.82, 2.24) is 0 Å². The molecule has 0 bridgehead atoms. The summed E-state index contributed by atoms with van der Waals surface area (Å²) >= 11 is 0. The van der Waals surface area contributed by atoms with Crippen LogP contribution in [0.4, 0.5) is 0 Å². The number of fused-ring (bicyclic) bond motifs is 1. The van der Waals surface area contributed by atoms with Gasteiger partial charge in [-0.15, -0.1) is 0 Å². The summed E-state index contributed by atoms with van der Waals surface area (Å²) in [5.74, 6) is -0.190. The van der Waals surface area contributed by atoms with Crippen molar-refractivity contribution in [2.75, 3.05) is 13.7 Å². The molecule has 0 radical (unpaired) electrons. The zero-order valence-electron chi connectivity index (χ0n) is 10.1. The molecular weight excluding hydrogens is 236 g/mol. The fourth-order valence-corrected chi connectivity index (χ4v) is 1.65. The van der Waals surface area contributed by atoms with Gasteiger partial charge in [-0.3, -0.25) is 0 Å². The molecule has 2 aromatic rings. The molecule has 0 fully saturated rings. The van der Waals surface area contributed by atoms with Gasteiger partial charge < -0.3 is 13.9 Å². The molecule has 0 atom stereocenters. The van der Waals surface area contributed by atoms with E-state index in [4.69, 9.17) is 9.15 Å². The van der Waals surface area contributed by atoms with E-state index in [0.717, 1.165) is 10.9 Å². The van der Waals surface area contributed by atoms with E-state index in [1.54, 1.807) is 12.1 Å². The predicted octanol–water partition coefficient (Wildman–Crippen LogP) is 1.65. The maximum absolute atomic E-state index is 11.2. The quantitative estimate of drug-likeness (QED) is 0.469. The largest absolute Gasteiger partial charge is 0.425 e. The minimum Gasteiger partial charge on any atom is -0.425 e. The van der Waals surface area contributed by atoms with Crippen LogP contribution in [0.2, 0.25) is 0 Å². The van der Waals surface area contributed by atoms with Gasteiger partial charge >= 0.3 is 11.6 Å². The van der Waals surface area contributed by atoms with Crippen LogP contribution in [-0.2, 0) is 9.53 Å². The number of carbonyl (C=O) groups excluding carboxylic acids is 1. The number of ether oxygens (including phenoxy) is 2. The van der Waals surface area contributed by atoms with E-state index in [1.807, 2.05) is 6.92 Å². The van der Waals surface area contributed by atoms with Crippen LogP contribution in [0.1, 0.15) is 5.56 Å². The van der Waals surface area contributed by atoms with Crippen LogP contribution in [0.15, 0.2) is 33.5 Å². The third-order valence-electron chi connectivity index (χ3n) is 2.42. The Morgan fingerprint density at radius 3 is 2.83 bits per heavy atom. The van der Waals surface area contributed by atoms with Gasteiger partial charge in [-0.05, 0) is 24.6 Å². The number of hydrogen-bond acceptors (Lipinski definition) is 5. The standard InChI is InChI=1S/C13H12O5/c1-8-5-12(14)18-11-6-9(3-4-10(8)11)17-13(15)7-16-2/h3-6H,7H2,1-2H3. The highest BCUT2D eigenvalue weighted by Gasteiger charge is 2.07. The van der Waals surface area contributed by atoms with E-state index in [-0.39, 0.29) is 6.61 Å². The molecule has 1 aromatic heterocycles. The summed E-state index contributed by atoms with van der Waals surface area (Å²) in [6.07, 6.45) is 0. The summed E-state index contributed by atoms with van der Waals surface area (Å²) in [5, 5.41) is 0.807. The summed E-state index contributed by atoms with van der Waals surface area (Å²) in [4.78, 5) is 22.5. The fourth-order valence-electron chi connectivity index (χ4n) is 1.65. The summed E-state index contributed by atoms with van der Waals surface area (Å²) in [6.45, 7) is 1.69. The van der Waals surface area contributed by atoms with Crippen LogP contribution in [0.25, 0.3) is 11.0 Å². The summed E-state index contributed by atoms with van der Waals surface area (Å²) in [6, 6.07) is 6.31. The Hall–Kier alpha value is -2.14. The highest BCUT2D eigenvalue weighted by molar-refractivity contribution is 5.82. The highest BCUT2D eigenvalue weighted by atomic mass is 16.6. The van der Waals surface area contributed by atoms with E-state index in [9.17, 15) is 9.59 Å². The van der Waals surface area contributed by atoms with E-state index in [2.05, 4.69) is 4.74 Å². The van der Waals surface area contributed by atoms with Gasteiger partial charge in [-0.2, -0.15) is 0 Å². The third-order valence-corrected chi connectivity index (χ3v) is 2.42. The Balaban J connectivity index is 2.38. The minimum absolute atomic E-state index is 0.129. The molecule has 18 heavy (non-hydrogen) atoms. The number of esters is 1. The molecule has 2 rings (SSSR count). The Labute approximate surface area is 103 Å². The summed E-state index contributed by atoms with van der Waals surface area (Å²) in [5.41, 5.74) is 0.777. The number of hydrogen-bond donors (Lipinski definition) is 0. The van der Waals surface area contributed by atoms with Gasteiger partial charge in [0, 0.05) is 24.6 Å². The van der Waals surface area contributed by atoms with Crippen molar-refractivity contribution in [1.29, 1.82) is 0 Å². The van der Waals surface area contributed by atoms with Gasteiger partial charge in [0.25, 0.3) is 0 Å². The van der Waals surface area contributed by atoms with Gasteiger partial charge in [0.1, 0.15) is 17.9 Å². The first kappa shape index (κ1) is 12.3. The topological polar surface area (TPSA) is 65.7 Å². The monoisotopic (exact) mass is 248 g/mol. The molecule has 0 aliphatic carbocycles. The van der Waals surface area contributed by atoms with E-state index >= 15 is 0 Å². The second kappa shape index (κ2) is 5.01. The van der Waals surface area contributed by atoms with Crippen molar-refractivity contribution in [2.24, 2.45) is 0 Å². The molecule has 94 valence electrons. The average molecular weight is 248 g/mol. The van der Waals surface area contributed by atoms with Crippen molar-refractivity contribution < 1.29 is 18.7 Å². The molecule has 0 N–H and O–H groups in total.